The predicted octanol–water partition coefficient (Wildman–Crippen LogP) is 6.43. The molecule has 1 aliphatic heterocycles. The fraction of sp³-hybridized carbons (Fsp3) is 0.921. The number of unbranched alkanes of at least 4 members (excludes halogenated alkanes) is 21. The van der Waals surface area contributed by atoms with Gasteiger partial charge < -0.3 is 35.2 Å². The second kappa shape index (κ2) is 30.2. The zero-order valence-electron chi connectivity index (χ0n) is 31.7. The fourth-order valence-corrected chi connectivity index (χ4v) is 6.90. The molecule has 0 saturated carbocycles. The van der Waals surface area contributed by atoms with Gasteiger partial charge in [0.05, 0.1) is 25.4 Å². The van der Waals surface area contributed by atoms with Gasteiger partial charge in [-0.15, -0.1) is 0 Å². The monoisotopic (exact) mass is 751 g/mol. The van der Waals surface area contributed by atoms with Gasteiger partial charge in [-0.2, -0.15) is 8.42 Å². The van der Waals surface area contributed by atoms with Crippen molar-refractivity contribution in [1.82, 2.24) is 5.32 Å². The minimum Gasteiger partial charge on any atom is -0.394 e. The number of hydrogen-bond donors (Lipinski definition) is 6. The second-order valence-corrected chi connectivity index (χ2v) is 15.3. The molecule has 0 radical (unpaired) electrons. The number of carbonyl (C=O) groups is 1. The van der Waals surface area contributed by atoms with Gasteiger partial charge in [-0.25, -0.2) is 4.18 Å². The highest BCUT2D eigenvalue weighted by Gasteiger charge is 2.48. The van der Waals surface area contributed by atoms with E-state index in [4.69, 9.17) is 14.0 Å². The topological polar surface area (TPSA) is 192 Å². The van der Waals surface area contributed by atoms with E-state index in [-0.39, 0.29) is 18.9 Å². The molecule has 0 bridgehead atoms. The van der Waals surface area contributed by atoms with Gasteiger partial charge in [0, 0.05) is 6.42 Å². The van der Waals surface area contributed by atoms with Gasteiger partial charge in [0.1, 0.15) is 24.4 Å². The Labute approximate surface area is 309 Å². The van der Waals surface area contributed by atoms with Crippen molar-refractivity contribution in [2.45, 2.75) is 211 Å². The lowest BCUT2D eigenvalue weighted by molar-refractivity contribution is -0.298. The lowest BCUT2D eigenvalue weighted by Crippen LogP contribution is -2.61. The average Bonchev–Trinajstić information content (AvgIpc) is 3.09. The Kier molecular flexibility index (Phi) is 28.3. The van der Waals surface area contributed by atoms with Gasteiger partial charge in [-0.3, -0.25) is 9.35 Å². The van der Waals surface area contributed by atoms with Crippen molar-refractivity contribution < 1.29 is 51.8 Å². The van der Waals surface area contributed by atoms with Crippen LogP contribution in [0.25, 0.3) is 0 Å². The number of aliphatic hydroxyl groups is 4. The molecule has 13 heteroatoms. The Balaban J connectivity index is 2.63. The molecule has 1 heterocycles. The highest BCUT2D eigenvalue weighted by molar-refractivity contribution is 7.80. The molecule has 7 atom stereocenters. The number of amides is 1. The number of nitrogens with one attached hydrogen (secondary N) is 1. The van der Waals surface area contributed by atoms with Gasteiger partial charge in [-0.1, -0.05) is 154 Å². The van der Waals surface area contributed by atoms with Crippen LogP contribution in [0.5, 0.6) is 0 Å². The zero-order valence-corrected chi connectivity index (χ0v) is 32.5. The minimum absolute atomic E-state index is 0.265. The third kappa shape index (κ3) is 24.0. The van der Waals surface area contributed by atoms with E-state index in [1.165, 1.54) is 103 Å². The Morgan fingerprint density at radius 2 is 1.24 bits per heavy atom. The maximum Gasteiger partial charge on any atom is 0.397 e. The third-order valence-electron chi connectivity index (χ3n) is 9.57. The molecule has 0 aromatic carbocycles. The summed E-state index contributed by atoms with van der Waals surface area (Å²) in [6.07, 6.45) is 21.2. The Morgan fingerprint density at radius 1 is 0.765 bits per heavy atom. The average molecular weight is 752 g/mol. The number of hydrogen-bond acceptors (Lipinski definition) is 10. The van der Waals surface area contributed by atoms with Crippen LogP contribution in [0.1, 0.15) is 168 Å². The van der Waals surface area contributed by atoms with Crippen LogP contribution >= 0.6 is 0 Å². The zero-order chi connectivity index (χ0) is 37.7. The van der Waals surface area contributed by atoms with Crippen molar-refractivity contribution in [2.24, 2.45) is 0 Å². The van der Waals surface area contributed by atoms with E-state index < -0.39 is 59.9 Å². The molecule has 2 unspecified atom stereocenters. The van der Waals surface area contributed by atoms with Crippen LogP contribution in [-0.2, 0) is 28.9 Å². The molecule has 302 valence electrons. The lowest BCUT2D eigenvalue weighted by atomic mass is 9.99. The van der Waals surface area contributed by atoms with Crippen molar-refractivity contribution in [2.75, 3.05) is 13.2 Å². The maximum absolute atomic E-state index is 12.9. The smallest absolute Gasteiger partial charge is 0.394 e. The van der Waals surface area contributed by atoms with Crippen molar-refractivity contribution in [1.29, 1.82) is 0 Å². The van der Waals surface area contributed by atoms with Crippen LogP contribution < -0.4 is 5.32 Å². The molecular weight excluding hydrogens is 678 g/mol. The number of aliphatic hydroxyl groups excluding tert-OH is 4. The van der Waals surface area contributed by atoms with E-state index in [2.05, 4.69) is 23.3 Å². The molecule has 1 saturated heterocycles. The van der Waals surface area contributed by atoms with Crippen LogP contribution in [-0.4, -0.2) is 95.4 Å². The first-order valence-corrected chi connectivity index (χ1v) is 21.4. The van der Waals surface area contributed by atoms with Gasteiger partial charge in [0.15, 0.2) is 6.29 Å². The van der Waals surface area contributed by atoms with Crippen molar-refractivity contribution in [3.05, 3.63) is 12.2 Å². The van der Waals surface area contributed by atoms with Crippen LogP contribution in [0.4, 0.5) is 0 Å². The molecule has 1 aliphatic rings. The van der Waals surface area contributed by atoms with E-state index in [1.54, 1.807) is 6.08 Å². The third-order valence-corrected chi connectivity index (χ3v) is 10.0. The van der Waals surface area contributed by atoms with Crippen LogP contribution in [0.2, 0.25) is 0 Å². The molecule has 51 heavy (non-hydrogen) atoms. The molecule has 12 nitrogen and oxygen atoms in total. The predicted molar refractivity (Wildman–Crippen MR) is 199 cm³/mol. The summed E-state index contributed by atoms with van der Waals surface area (Å²) < 4.78 is 47.3. The van der Waals surface area contributed by atoms with E-state index in [0.29, 0.717) is 6.42 Å². The highest BCUT2D eigenvalue weighted by Crippen LogP contribution is 2.26. The first-order chi connectivity index (χ1) is 24.5. The summed E-state index contributed by atoms with van der Waals surface area (Å²) in [6.45, 7) is 3.34. The molecular formula is C38H73NO11S. The molecule has 0 aromatic rings. The number of allylic oxidation sites excluding steroid dienone is 1. The highest BCUT2D eigenvalue weighted by atomic mass is 32.3. The SMILES string of the molecule is CCCCCCCCCCCCC/C=C/[C@@H](O)[C@H](CO[C@@H]1O[C@H](CO)[C@H](O)C(OS(=O)(=O)O)C1O)NC(=O)CCCCCCCCCCCCC. The fourth-order valence-electron chi connectivity index (χ4n) is 6.39. The van der Waals surface area contributed by atoms with E-state index in [9.17, 15) is 33.6 Å². The van der Waals surface area contributed by atoms with Crippen LogP contribution in [0.3, 0.4) is 0 Å². The number of ether oxygens (including phenoxy) is 2. The summed E-state index contributed by atoms with van der Waals surface area (Å²) in [5.74, 6) is -0.265. The van der Waals surface area contributed by atoms with Crippen molar-refractivity contribution in [3.63, 3.8) is 0 Å². The largest absolute Gasteiger partial charge is 0.397 e. The van der Waals surface area contributed by atoms with Gasteiger partial charge in [0.25, 0.3) is 0 Å². The summed E-state index contributed by atoms with van der Waals surface area (Å²) in [7, 11) is -5.07. The quantitative estimate of drug-likeness (QED) is 0.0246. The Hall–Kier alpha value is -1.16. The molecule has 6 N–H and O–H groups in total. The molecule has 1 amide bonds. The van der Waals surface area contributed by atoms with E-state index >= 15 is 0 Å². The van der Waals surface area contributed by atoms with Crippen molar-refractivity contribution >= 4 is 16.3 Å². The standard InChI is InChI=1S/C38H73NO11S/c1-3-5-7-9-11-13-15-16-18-19-21-23-25-27-32(41)31(39-34(42)28-26-24-22-20-17-14-12-10-8-6-4-2)30-48-38-36(44)37(50-51(45,46)47)35(43)33(29-40)49-38/h25,27,31-33,35-38,40-41,43-44H,3-24,26,28-30H2,1-2H3,(H,39,42)(H,45,46,47)/b27-25+/t31-,32+,33+,35-,36?,37?,38+/m0/s1. The van der Waals surface area contributed by atoms with E-state index in [1.807, 2.05) is 6.08 Å². The summed E-state index contributed by atoms with van der Waals surface area (Å²) in [5, 5.41) is 44.4. The second-order valence-electron chi connectivity index (χ2n) is 14.2. The molecule has 1 fully saturated rings. The lowest BCUT2D eigenvalue weighted by Gasteiger charge is -2.41. The summed E-state index contributed by atoms with van der Waals surface area (Å²) >= 11 is 0. The van der Waals surface area contributed by atoms with E-state index in [0.717, 1.165) is 38.5 Å². The van der Waals surface area contributed by atoms with Crippen LogP contribution in [0.15, 0.2) is 12.2 Å². The van der Waals surface area contributed by atoms with Gasteiger partial charge >= 0.3 is 10.4 Å². The van der Waals surface area contributed by atoms with Gasteiger partial charge in [-0.05, 0) is 19.3 Å². The summed E-state index contributed by atoms with van der Waals surface area (Å²) in [5.41, 5.74) is 0. The van der Waals surface area contributed by atoms with Gasteiger partial charge in [0.2, 0.25) is 5.91 Å². The Morgan fingerprint density at radius 3 is 1.71 bits per heavy atom. The number of rotatable bonds is 33. The first kappa shape index (κ1) is 47.9. The maximum atomic E-state index is 12.9. The molecule has 1 rings (SSSR count). The molecule has 0 aliphatic carbocycles. The normalized spacial score (nSPS) is 22.4. The molecule has 0 aromatic heterocycles. The number of carbonyl (C=O) groups excluding carboxylic acids is 1. The molecule has 0 spiro atoms. The first-order valence-electron chi connectivity index (χ1n) is 20.1. The van der Waals surface area contributed by atoms with Crippen molar-refractivity contribution in [3.8, 4) is 0 Å². The summed E-state index contributed by atoms with van der Waals surface area (Å²) in [4.78, 5) is 12.9. The summed E-state index contributed by atoms with van der Waals surface area (Å²) in [6, 6.07) is -0.935. The minimum atomic E-state index is -5.07. The Bertz CT molecular complexity index is 983. The van der Waals surface area contributed by atoms with Crippen LogP contribution in [0, 0.1) is 0 Å².